The van der Waals surface area contributed by atoms with Gasteiger partial charge in [-0.25, -0.2) is 9.59 Å². The van der Waals surface area contributed by atoms with Gasteiger partial charge in [0, 0.05) is 0 Å². The predicted molar refractivity (Wildman–Crippen MR) is 70.8 cm³/mol. The van der Waals surface area contributed by atoms with Crippen LogP contribution in [0.25, 0.3) is 11.1 Å². The van der Waals surface area contributed by atoms with Gasteiger partial charge in [-0.15, -0.1) is 0 Å². The van der Waals surface area contributed by atoms with E-state index in [4.69, 9.17) is 10.2 Å². The van der Waals surface area contributed by atoms with Gasteiger partial charge in [-0.05, 0) is 35.4 Å². The quantitative estimate of drug-likeness (QED) is 0.907. The Bertz CT molecular complexity index is 571. The molecule has 0 radical (unpaired) electrons. The van der Waals surface area contributed by atoms with Gasteiger partial charge in [-0.3, -0.25) is 9.41 Å². The third-order valence-corrected chi connectivity index (χ3v) is 2.55. The van der Waals surface area contributed by atoms with Crippen LogP contribution < -0.4 is 0 Å². The highest BCUT2D eigenvalue weighted by Gasteiger charge is 2.07. The molecule has 0 aliphatic heterocycles. The molecule has 0 bridgehead atoms. The molecule has 0 saturated heterocycles. The third-order valence-electron chi connectivity index (χ3n) is 2.55. The molecule has 2 aromatic carbocycles. The maximum atomic E-state index is 10.9. The summed E-state index contributed by atoms with van der Waals surface area (Å²) < 4.78 is 0. The molecule has 0 saturated carbocycles. The molecule has 0 amide bonds. The zero-order chi connectivity index (χ0) is 13.1. The van der Waals surface area contributed by atoms with Crippen molar-refractivity contribution in [1.29, 1.82) is 0 Å². The number of carboxylic acids is 2. The van der Waals surface area contributed by atoms with Gasteiger partial charge < -0.3 is 10.2 Å². The molecule has 106 valence electrons. The number of halogens is 2. The summed E-state index contributed by atoms with van der Waals surface area (Å²) in [5.74, 6) is -2.02. The molecule has 0 aliphatic carbocycles. The minimum Gasteiger partial charge on any atom is -0.478 e. The molecule has 0 unspecified atom stereocenters. The van der Waals surface area contributed by atoms with Gasteiger partial charge in [-0.2, -0.15) is 0 Å². The standard InChI is InChI=1S/C14H10O4.2FH/c15-13(16)11-5-1-3-9(7-11)10-4-2-6-12(8-10)14(17)18;;/h1-8H,(H,15,16)(H,17,18);2*1H. The van der Waals surface area contributed by atoms with Crippen LogP contribution in [0, 0.1) is 0 Å². The molecular formula is C14H12F2O4. The monoisotopic (exact) mass is 282 g/mol. The van der Waals surface area contributed by atoms with Gasteiger partial charge in [-0.1, -0.05) is 24.3 Å². The Labute approximate surface area is 113 Å². The highest BCUT2D eigenvalue weighted by molar-refractivity contribution is 5.91. The van der Waals surface area contributed by atoms with E-state index in [-0.39, 0.29) is 20.5 Å². The zero-order valence-corrected chi connectivity index (χ0v) is 10.1. The average Bonchev–Trinajstić information content (AvgIpc) is 2.39. The van der Waals surface area contributed by atoms with E-state index in [9.17, 15) is 9.59 Å². The van der Waals surface area contributed by atoms with Crippen LogP contribution in [-0.4, -0.2) is 22.2 Å². The molecular weight excluding hydrogens is 270 g/mol. The van der Waals surface area contributed by atoms with Crippen molar-refractivity contribution in [2.75, 3.05) is 0 Å². The molecule has 2 N–H and O–H groups in total. The summed E-state index contributed by atoms with van der Waals surface area (Å²) in [6.45, 7) is 0. The highest BCUT2D eigenvalue weighted by atomic mass is 19.0. The number of carboxylic acid groups (broad SMARTS) is 2. The summed E-state index contributed by atoms with van der Waals surface area (Å²) in [4.78, 5) is 21.7. The maximum absolute atomic E-state index is 10.9. The second kappa shape index (κ2) is 6.98. The van der Waals surface area contributed by atoms with Crippen molar-refractivity contribution in [2.24, 2.45) is 0 Å². The molecule has 0 atom stereocenters. The van der Waals surface area contributed by atoms with Crippen LogP contribution in [-0.2, 0) is 0 Å². The van der Waals surface area contributed by atoms with E-state index < -0.39 is 11.9 Å². The van der Waals surface area contributed by atoms with Crippen LogP contribution in [0.5, 0.6) is 0 Å². The molecule has 0 heterocycles. The lowest BCUT2D eigenvalue weighted by atomic mass is 10.0. The van der Waals surface area contributed by atoms with Gasteiger partial charge in [0.15, 0.2) is 0 Å². The number of rotatable bonds is 3. The Balaban J connectivity index is 0.00000180. The van der Waals surface area contributed by atoms with E-state index >= 15 is 0 Å². The Morgan fingerprint density at radius 3 is 1.35 bits per heavy atom. The Kier molecular flexibility index (Phi) is 6.02. The van der Waals surface area contributed by atoms with Gasteiger partial charge in [0.1, 0.15) is 0 Å². The summed E-state index contributed by atoms with van der Waals surface area (Å²) in [6, 6.07) is 12.8. The molecule has 0 spiro atoms. The second-order valence-corrected chi connectivity index (χ2v) is 3.77. The van der Waals surface area contributed by atoms with Crippen LogP contribution in [0.3, 0.4) is 0 Å². The largest absolute Gasteiger partial charge is 0.478 e. The van der Waals surface area contributed by atoms with Gasteiger partial charge >= 0.3 is 11.9 Å². The first-order valence-corrected chi connectivity index (χ1v) is 5.25. The lowest BCUT2D eigenvalue weighted by molar-refractivity contribution is 0.0686. The lowest BCUT2D eigenvalue weighted by Crippen LogP contribution is -1.97. The topological polar surface area (TPSA) is 74.6 Å². The number of hydrogen-bond acceptors (Lipinski definition) is 2. The van der Waals surface area contributed by atoms with E-state index in [0.29, 0.717) is 11.1 Å². The molecule has 2 rings (SSSR count). The number of hydrogen-bond donors (Lipinski definition) is 2. The second-order valence-electron chi connectivity index (χ2n) is 3.77. The smallest absolute Gasteiger partial charge is 0.335 e. The SMILES string of the molecule is F.F.O=C(O)c1cccc(-c2cccc(C(=O)O)c2)c1. The normalized spacial score (nSPS) is 9.00. The minimum atomic E-state index is -1.01. The first-order chi connectivity index (χ1) is 8.58. The lowest BCUT2D eigenvalue weighted by Gasteiger charge is -2.04. The Hall–Kier alpha value is -2.76. The number of benzene rings is 2. The summed E-state index contributed by atoms with van der Waals surface area (Å²) in [5, 5.41) is 17.8. The van der Waals surface area contributed by atoms with Gasteiger partial charge in [0.05, 0.1) is 11.1 Å². The van der Waals surface area contributed by atoms with Crippen LogP contribution >= 0.6 is 0 Å². The van der Waals surface area contributed by atoms with Crippen molar-refractivity contribution in [1.82, 2.24) is 0 Å². The van der Waals surface area contributed by atoms with E-state index in [1.807, 2.05) is 0 Å². The molecule has 2 aromatic rings. The Morgan fingerprint density at radius 2 is 1.05 bits per heavy atom. The summed E-state index contributed by atoms with van der Waals surface area (Å²) in [7, 11) is 0. The molecule has 0 fully saturated rings. The summed E-state index contributed by atoms with van der Waals surface area (Å²) in [6.07, 6.45) is 0. The first kappa shape index (κ1) is 17.2. The summed E-state index contributed by atoms with van der Waals surface area (Å²) >= 11 is 0. The van der Waals surface area contributed by atoms with E-state index in [1.54, 1.807) is 24.3 Å². The van der Waals surface area contributed by atoms with Crippen LogP contribution in [0.15, 0.2) is 48.5 Å². The van der Waals surface area contributed by atoms with Gasteiger partial charge in [0.2, 0.25) is 0 Å². The number of carbonyl (C=O) groups is 2. The predicted octanol–water partition coefficient (Wildman–Crippen LogP) is 3.06. The molecule has 6 heteroatoms. The van der Waals surface area contributed by atoms with Crippen molar-refractivity contribution in [3.8, 4) is 11.1 Å². The van der Waals surface area contributed by atoms with Crippen LogP contribution in [0.1, 0.15) is 20.7 Å². The van der Waals surface area contributed by atoms with Crippen molar-refractivity contribution in [3.05, 3.63) is 59.7 Å². The number of aromatic carboxylic acids is 2. The fraction of sp³-hybridized carbons (Fsp3) is 0. The Morgan fingerprint density at radius 1 is 0.700 bits per heavy atom. The highest BCUT2D eigenvalue weighted by Crippen LogP contribution is 2.21. The molecule has 0 aliphatic rings. The van der Waals surface area contributed by atoms with Crippen molar-refractivity contribution >= 4 is 11.9 Å². The van der Waals surface area contributed by atoms with E-state index in [2.05, 4.69) is 0 Å². The van der Waals surface area contributed by atoms with Crippen LogP contribution in [0.2, 0.25) is 0 Å². The van der Waals surface area contributed by atoms with E-state index in [0.717, 1.165) is 0 Å². The zero-order valence-electron chi connectivity index (χ0n) is 10.1. The molecule has 0 aromatic heterocycles. The van der Waals surface area contributed by atoms with Crippen molar-refractivity contribution in [2.45, 2.75) is 0 Å². The fourth-order valence-electron chi connectivity index (χ4n) is 1.66. The van der Waals surface area contributed by atoms with Crippen molar-refractivity contribution < 1.29 is 29.2 Å². The minimum absolute atomic E-state index is 0. The molecule has 4 nitrogen and oxygen atoms in total. The average molecular weight is 282 g/mol. The molecule has 20 heavy (non-hydrogen) atoms. The maximum Gasteiger partial charge on any atom is 0.335 e. The fourth-order valence-corrected chi connectivity index (χ4v) is 1.66. The van der Waals surface area contributed by atoms with E-state index in [1.165, 1.54) is 24.3 Å². The first-order valence-electron chi connectivity index (χ1n) is 5.25. The van der Waals surface area contributed by atoms with Gasteiger partial charge in [0.25, 0.3) is 0 Å². The van der Waals surface area contributed by atoms with Crippen LogP contribution in [0.4, 0.5) is 9.41 Å². The summed E-state index contributed by atoms with van der Waals surface area (Å²) in [5.41, 5.74) is 1.71. The third kappa shape index (κ3) is 3.61. The van der Waals surface area contributed by atoms with Crippen molar-refractivity contribution in [3.63, 3.8) is 0 Å².